The van der Waals surface area contributed by atoms with E-state index in [-0.39, 0.29) is 24.4 Å². The van der Waals surface area contributed by atoms with Gasteiger partial charge >= 0.3 is 0 Å². The van der Waals surface area contributed by atoms with Gasteiger partial charge in [0.25, 0.3) is 5.56 Å². The summed E-state index contributed by atoms with van der Waals surface area (Å²) in [5.74, 6) is 0.604. The highest BCUT2D eigenvalue weighted by atomic mass is 16.3. The summed E-state index contributed by atoms with van der Waals surface area (Å²) in [6.07, 6.45) is 0.257. The molecular formula is C14H14N4O2. The highest BCUT2D eigenvalue weighted by molar-refractivity contribution is 5.89. The molecule has 0 spiro atoms. The van der Waals surface area contributed by atoms with Gasteiger partial charge in [-0.25, -0.2) is 14.4 Å². The maximum absolute atomic E-state index is 12.5. The summed E-state index contributed by atoms with van der Waals surface area (Å²) in [6, 6.07) is 7.34. The van der Waals surface area contributed by atoms with Crippen molar-refractivity contribution in [3.8, 4) is 0 Å². The summed E-state index contributed by atoms with van der Waals surface area (Å²) in [6.45, 7) is 1.63. The van der Waals surface area contributed by atoms with E-state index in [1.54, 1.807) is 6.92 Å². The number of rotatable bonds is 2. The summed E-state index contributed by atoms with van der Waals surface area (Å²) in [7, 11) is 0. The molecule has 0 atom stereocenters. The second kappa shape index (κ2) is 4.57. The number of aliphatic hydroxyl groups is 1. The predicted molar refractivity (Wildman–Crippen MR) is 76.7 cm³/mol. The van der Waals surface area contributed by atoms with E-state index in [0.717, 1.165) is 0 Å². The van der Waals surface area contributed by atoms with Crippen LogP contribution in [0.2, 0.25) is 0 Å². The molecule has 0 amide bonds. The molecule has 102 valence electrons. The molecule has 3 N–H and O–H groups in total. The molecule has 0 saturated heterocycles. The van der Waals surface area contributed by atoms with E-state index in [0.29, 0.717) is 28.0 Å². The zero-order valence-corrected chi connectivity index (χ0v) is 11.0. The highest BCUT2D eigenvalue weighted by Gasteiger charge is 2.14. The second-order valence-electron chi connectivity index (χ2n) is 4.60. The van der Waals surface area contributed by atoms with Crippen LogP contribution in [0.4, 0.5) is 5.82 Å². The van der Waals surface area contributed by atoms with E-state index in [1.165, 1.54) is 4.40 Å². The fraction of sp³-hybridized carbons (Fsp3) is 0.214. The average molecular weight is 270 g/mol. The Morgan fingerprint density at radius 1 is 1.30 bits per heavy atom. The van der Waals surface area contributed by atoms with Crippen LogP contribution in [0.3, 0.4) is 0 Å². The van der Waals surface area contributed by atoms with Gasteiger partial charge in [-0.05, 0) is 19.1 Å². The van der Waals surface area contributed by atoms with E-state index in [4.69, 9.17) is 10.8 Å². The van der Waals surface area contributed by atoms with Gasteiger partial charge in [-0.2, -0.15) is 0 Å². The van der Waals surface area contributed by atoms with Gasteiger partial charge in [0.15, 0.2) is 0 Å². The maximum Gasteiger partial charge on any atom is 0.264 e. The van der Waals surface area contributed by atoms with Gasteiger partial charge in [0.2, 0.25) is 5.78 Å². The third kappa shape index (κ3) is 1.73. The molecule has 6 nitrogen and oxygen atoms in total. The molecule has 0 bridgehead atoms. The molecule has 1 aromatic carbocycles. The Kier molecular flexibility index (Phi) is 2.87. The molecule has 0 aliphatic carbocycles. The lowest BCUT2D eigenvalue weighted by molar-refractivity contribution is 0.298. The minimum atomic E-state index is -0.266. The number of nitrogen functional groups attached to an aromatic ring is 1. The number of hydrogen-bond acceptors (Lipinski definition) is 5. The smallest absolute Gasteiger partial charge is 0.264 e. The zero-order valence-electron chi connectivity index (χ0n) is 11.0. The molecule has 0 saturated carbocycles. The van der Waals surface area contributed by atoms with Crippen LogP contribution in [0, 0.1) is 6.92 Å². The van der Waals surface area contributed by atoms with Crippen molar-refractivity contribution < 1.29 is 5.11 Å². The van der Waals surface area contributed by atoms with Crippen molar-refractivity contribution in [2.45, 2.75) is 13.3 Å². The lowest BCUT2D eigenvalue weighted by Gasteiger charge is -2.10. The van der Waals surface area contributed by atoms with E-state index in [2.05, 4.69) is 9.97 Å². The van der Waals surface area contributed by atoms with E-state index in [9.17, 15) is 4.79 Å². The number of hydrogen-bond donors (Lipinski definition) is 2. The first kappa shape index (κ1) is 12.6. The Balaban J connectivity index is 2.50. The molecule has 0 aliphatic rings. The first-order chi connectivity index (χ1) is 9.63. The predicted octanol–water partition coefficient (Wildman–Crippen LogP) is 0.668. The number of aliphatic hydroxyl groups excluding tert-OH is 1. The Hall–Kier alpha value is -2.47. The van der Waals surface area contributed by atoms with E-state index in [1.807, 2.05) is 24.3 Å². The van der Waals surface area contributed by atoms with Crippen LogP contribution in [0.1, 0.15) is 11.3 Å². The summed E-state index contributed by atoms with van der Waals surface area (Å²) < 4.78 is 1.31. The second-order valence-corrected chi connectivity index (χ2v) is 4.60. The molecule has 2 aromatic heterocycles. The molecular weight excluding hydrogens is 256 g/mol. The van der Waals surface area contributed by atoms with Gasteiger partial charge in [-0.3, -0.25) is 4.79 Å². The minimum absolute atomic E-state index is 0.106. The van der Waals surface area contributed by atoms with Crippen LogP contribution in [0.15, 0.2) is 29.1 Å². The van der Waals surface area contributed by atoms with Crippen molar-refractivity contribution >= 4 is 22.5 Å². The maximum atomic E-state index is 12.5. The lowest BCUT2D eigenvalue weighted by Crippen LogP contribution is -2.25. The molecule has 2 heterocycles. The molecule has 0 fully saturated rings. The van der Waals surface area contributed by atoms with Crippen molar-refractivity contribution in [2.24, 2.45) is 0 Å². The van der Waals surface area contributed by atoms with Gasteiger partial charge in [0, 0.05) is 24.0 Å². The van der Waals surface area contributed by atoms with E-state index < -0.39 is 0 Å². The number of anilines is 1. The topological polar surface area (TPSA) is 93.5 Å². The number of aryl methyl sites for hydroxylation is 1. The van der Waals surface area contributed by atoms with Crippen LogP contribution < -0.4 is 11.3 Å². The highest BCUT2D eigenvalue weighted by Crippen LogP contribution is 2.19. The van der Waals surface area contributed by atoms with Gasteiger partial charge in [-0.15, -0.1) is 0 Å². The molecule has 3 rings (SSSR count). The van der Waals surface area contributed by atoms with Crippen LogP contribution in [-0.2, 0) is 6.42 Å². The van der Waals surface area contributed by atoms with Gasteiger partial charge in [0.05, 0.1) is 11.2 Å². The van der Waals surface area contributed by atoms with Gasteiger partial charge in [0.1, 0.15) is 5.82 Å². The molecule has 3 aromatic rings. The fourth-order valence-electron chi connectivity index (χ4n) is 2.36. The number of nitrogens with two attached hydrogens (primary N) is 1. The normalized spacial score (nSPS) is 11.3. The quantitative estimate of drug-likeness (QED) is 0.667. The number of aromatic nitrogens is 3. The van der Waals surface area contributed by atoms with Crippen molar-refractivity contribution in [3.63, 3.8) is 0 Å². The van der Waals surface area contributed by atoms with Crippen LogP contribution in [0.5, 0.6) is 0 Å². The van der Waals surface area contributed by atoms with Crippen LogP contribution in [-0.4, -0.2) is 26.1 Å². The molecule has 6 heteroatoms. The summed E-state index contributed by atoms with van der Waals surface area (Å²) in [5.41, 5.74) is 7.57. The summed E-state index contributed by atoms with van der Waals surface area (Å²) in [4.78, 5) is 21.2. The fourth-order valence-corrected chi connectivity index (χ4v) is 2.36. The SMILES string of the molecule is Cc1nc2nc3ccccc3c(N)n2c(=O)c1CCO. The third-order valence-electron chi connectivity index (χ3n) is 3.37. The van der Waals surface area contributed by atoms with Gasteiger partial charge < -0.3 is 10.8 Å². The first-order valence-corrected chi connectivity index (χ1v) is 6.31. The minimum Gasteiger partial charge on any atom is -0.396 e. The number of benzene rings is 1. The molecule has 0 radical (unpaired) electrons. The average Bonchev–Trinajstić information content (AvgIpc) is 2.43. The molecule has 0 unspecified atom stereocenters. The first-order valence-electron chi connectivity index (χ1n) is 6.31. The number of fused-ring (bicyclic) bond motifs is 2. The lowest BCUT2D eigenvalue weighted by atomic mass is 10.1. The zero-order chi connectivity index (χ0) is 14.3. The summed E-state index contributed by atoms with van der Waals surface area (Å²) >= 11 is 0. The van der Waals surface area contributed by atoms with Crippen LogP contribution in [0.25, 0.3) is 16.7 Å². The van der Waals surface area contributed by atoms with Crippen molar-refractivity contribution in [1.82, 2.24) is 14.4 Å². The Bertz CT molecular complexity index is 870. The van der Waals surface area contributed by atoms with E-state index >= 15 is 0 Å². The van der Waals surface area contributed by atoms with Crippen molar-refractivity contribution in [2.75, 3.05) is 12.3 Å². The largest absolute Gasteiger partial charge is 0.396 e. The Morgan fingerprint density at radius 2 is 2.05 bits per heavy atom. The Labute approximate surface area is 114 Å². The molecule has 0 aliphatic heterocycles. The Morgan fingerprint density at radius 3 is 2.80 bits per heavy atom. The molecule has 20 heavy (non-hydrogen) atoms. The van der Waals surface area contributed by atoms with Crippen molar-refractivity contribution in [1.29, 1.82) is 0 Å². The summed E-state index contributed by atoms with van der Waals surface area (Å²) in [5, 5.41) is 9.77. The van der Waals surface area contributed by atoms with Crippen molar-refractivity contribution in [3.05, 3.63) is 45.9 Å². The van der Waals surface area contributed by atoms with Crippen LogP contribution >= 0.6 is 0 Å². The third-order valence-corrected chi connectivity index (χ3v) is 3.37. The number of nitrogens with zero attached hydrogens (tertiary/aromatic N) is 3. The van der Waals surface area contributed by atoms with Gasteiger partial charge in [-0.1, -0.05) is 12.1 Å². The standard InChI is InChI=1S/C14H14N4O2/c1-8-9(6-7-19)13(20)18-12(15)10-4-2-3-5-11(10)17-14(18)16-8/h2-5,19H,6-7,15H2,1H3. The monoisotopic (exact) mass is 270 g/mol. The number of para-hydroxylation sites is 1.